The molecule has 0 aliphatic heterocycles. The summed E-state index contributed by atoms with van der Waals surface area (Å²) in [6, 6.07) is 1.31. The van der Waals surface area contributed by atoms with Gasteiger partial charge in [-0.15, -0.1) is 0 Å². The Morgan fingerprint density at radius 2 is 2.33 bits per heavy atom. The lowest BCUT2D eigenvalue weighted by Gasteiger charge is -1.93. The summed E-state index contributed by atoms with van der Waals surface area (Å²) in [5, 5.41) is 8.72. The third-order valence-corrected chi connectivity index (χ3v) is 1.09. The fourth-order valence-corrected chi connectivity index (χ4v) is 0.581. The highest BCUT2D eigenvalue weighted by Gasteiger charge is 1.89. The van der Waals surface area contributed by atoms with Gasteiger partial charge in [-0.1, -0.05) is 0 Å². The summed E-state index contributed by atoms with van der Waals surface area (Å²) >= 11 is 0. The first-order chi connectivity index (χ1) is 4.20. The molecule has 1 heterocycles. The summed E-state index contributed by atoms with van der Waals surface area (Å²) in [6.07, 6.45) is 2.66. The van der Waals surface area contributed by atoms with Crippen molar-refractivity contribution in [3.05, 3.63) is 34.2 Å². The van der Waals surface area contributed by atoms with Crippen molar-refractivity contribution in [2.24, 2.45) is 0 Å². The Hall–Kier alpha value is -1.25. The zero-order valence-electron chi connectivity index (χ0n) is 5.03. The van der Waals surface area contributed by atoms with Gasteiger partial charge in [-0.05, 0) is 6.92 Å². The van der Waals surface area contributed by atoms with Crippen molar-refractivity contribution in [3.8, 4) is 0 Å². The van der Waals surface area contributed by atoms with Gasteiger partial charge in [-0.3, -0.25) is 4.79 Å². The van der Waals surface area contributed by atoms with Crippen molar-refractivity contribution in [3.63, 3.8) is 0 Å². The lowest BCUT2D eigenvalue weighted by atomic mass is 10.3. The zero-order chi connectivity index (χ0) is 6.85. The SMILES string of the molecule is Cc1cn(O)ccc1=O. The van der Waals surface area contributed by atoms with Crippen molar-refractivity contribution in [2.45, 2.75) is 6.92 Å². The van der Waals surface area contributed by atoms with Crippen LogP contribution < -0.4 is 5.43 Å². The van der Waals surface area contributed by atoms with Crippen molar-refractivity contribution in [1.29, 1.82) is 0 Å². The van der Waals surface area contributed by atoms with E-state index in [0.717, 1.165) is 4.73 Å². The molecule has 0 saturated heterocycles. The molecule has 0 fully saturated rings. The van der Waals surface area contributed by atoms with Crippen LogP contribution in [0.1, 0.15) is 5.56 Å². The van der Waals surface area contributed by atoms with Crippen LogP contribution in [0.4, 0.5) is 0 Å². The van der Waals surface area contributed by atoms with Gasteiger partial charge in [0.25, 0.3) is 0 Å². The molecule has 0 atom stereocenters. The summed E-state index contributed by atoms with van der Waals surface area (Å²) in [4.78, 5) is 10.6. The molecule has 3 nitrogen and oxygen atoms in total. The number of nitrogens with zero attached hydrogens (tertiary/aromatic N) is 1. The summed E-state index contributed by atoms with van der Waals surface area (Å²) in [7, 11) is 0. The van der Waals surface area contributed by atoms with Crippen LogP contribution in [0.25, 0.3) is 0 Å². The molecule has 0 radical (unpaired) electrons. The van der Waals surface area contributed by atoms with E-state index in [2.05, 4.69) is 0 Å². The number of pyridine rings is 1. The Kier molecular flexibility index (Phi) is 1.26. The number of rotatable bonds is 0. The monoisotopic (exact) mass is 125 g/mol. The maximum atomic E-state index is 10.6. The second kappa shape index (κ2) is 1.93. The Labute approximate surface area is 52.1 Å². The molecule has 3 heteroatoms. The molecule has 0 bridgehead atoms. The van der Waals surface area contributed by atoms with E-state index in [1.54, 1.807) is 6.92 Å². The quantitative estimate of drug-likeness (QED) is 0.510. The van der Waals surface area contributed by atoms with Gasteiger partial charge < -0.3 is 5.21 Å². The highest BCUT2D eigenvalue weighted by atomic mass is 16.5. The zero-order valence-corrected chi connectivity index (χ0v) is 5.03. The van der Waals surface area contributed by atoms with E-state index < -0.39 is 0 Å². The van der Waals surface area contributed by atoms with Gasteiger partial charge in [0.15, 0.2) is 5.43 Å². The molecule has 0 aromatic carbocycles. The third kappa shape index (κ3) is 1.10. The number of aromatic nitrogens is 1. The first-order valence-corrected chi connectivity index (χ1v) is 2.58. The first kappa shape index (κ1) is 5.88. The average Bonchev–Trinajstić information content (AvgIpc) is 1.80. The lowest BCUT2D eigenvalue weighted by Crippen LogP contribution is -2.06. The van der Waals surface area contributed by atoms with Crippen LogP contribution in [0.2, 0.25) is 0 Å². The van der Waals surface area contributed by atoms with E-state index in [-0.39, 0.29) is 5.43 Å². The molecular weight excluding hydrogens is 118 g/mol. The molecule has 48 valence electrons. The Morgan fingerprint density at radius 3 is 2.78 bits per heavy atom. The van der Waals surface area contributed by atoms with E-state index in [1.165, 1.54) is 18.5 Å². The molecule has 0 aliphatic rings. The van der Waals surface area contributed by atoms with Gasteiger partial charge in [0.2, 0.25) is 0 Å². The molecule has 9 heavy (non-hydrogen) atoms. The van der Waals surface area contributed by atoms with Crippen molar-refractivity contribution in [2.75, 3.05) is 0 Å². The summed E-state index contributed by atoms with van der Waals surface area (Å²) < 4.78 is 0.858. The topological polar surface area (TPSA) is 42.2 Å². The van der Waals surface area contributed by atoms with Crippen LogP contribution in [0.15, 0.2) is 23.3 Å². The third-order valence-electron chi connectivity index (χ3n) is 1.09. The van der Waals surface area contributed by atoms with E-state index >= 15 is 0 Å². The van der Waals surface area contributed by atoms with E-state index in [0.29, 0.717) is 5.56 Å². The van der Waals surface area contributed by atoms with E-state index in [9.17, 15) is 4.79 Å². The normalized spacial score (nSPS) is 9.44. The van der Waals surface area contributed by atoms with Gasteiger partial charge in [0.1, 0.15) is 0 Å². The number of hydrogen-bond donors (Lipinski definition) is 1. The minimum atomic E-state index is -0.0553. The molecule has 1 rings (SSSR count). The second-order valence-electron chi connectivity index (χ2n) is 1.87. The average molecular weight is 125 g/mol. The molecule has 0 unspecified atom stereocenters. The van der Waals surface area contributed by atoms with Crippen LogP contribution in [-0.2, 0) is 0 Å². The molecule has 1 aromatic heterocycles. The van der Waals surface area contributed by atoms with Crippen LogP contribution in [0, 0.1) is 6.92 Å². The Morgan fingerprint density at radius 1 is 1.67 bits per heavy atom. The summed E-state index contributed by atoms with van der Waals surface area (Å²) in [5.41, 5.74) is 0.486. The molecule has 1 aromatic rings. The Balaban J connectivity index is 3.34. The molecule has 0 saturated carbocycles. The van der Waals surface area contributed by atoms with Crippen LogP contribution in [-0.4, -0.2) is 9.94 Å². The second-order valence-corrected chi connectivity index (χ2v) is 1.87. The van der Waals surface area contributed by atoms with Crippen molar-refractivity contribution >= 4 is 0 Å². The largest absolute Gasteiger partial charge is 0.429 e. The predicted molar refractivity (Wildman–Crippen MR) is 32.6 cm³/mol. The predicted octanol–water partition coefficient (Wildman–Crippen LogP) is 0.394. The van der Waals surface area contributed by atoms with E-state index in [1.807, 2.05) is 0 Å². The minimum absolute atomic E-state index is 0.0553. The van der Waals surface area contributed by atoms with Crippen LogP contribution >= 0.6 is 0 Å². The molecular formula is C6H7NO2. The fourth-order valence-electron chi connectivity index (χ4n) is 0.581. The van der Waals surface area contributed by atoms with Gasteiger partial charge in [0, 0.05) is 24.0 Å². The van der Waals surface area contributed by atoms with E-state index in [4.69, 9.17) is 5.21 Å². The summed E-state index contributed by atoms with van der Waals surface area (Å²) in [5.74, 6) is 0. The standard InChI is InChI=1S/C6H7NO2/c1-5-4-7(9)3-2-6(5)8/h2-4,9H,1H3. The first-order valence-electron chi connectivity index (χ1n) is 2.58. The van der Waals surface area contributed by atoms with Gasteiger partial charge in [-0.2, -0.15) is 0 Å². The summed E-state index contributed by atoms with van der Waals surface area (Å²) in [6.45, 7) is 1.65. The fraction of sp³-hybridized carbons (Fsp3) is 0.167. The van der Waals surface area contributed by atoms with Gasteiger partial charge >= 0.3 is 0 Å². The number of aryl methyl sites for hydroxylation is 1. The van der Waals surface area contributed by atoms with Crippen LogP contribution in [0.3, 0.4) is 0 Å². The van der Waals surface area contributed by atoms with Crippen molar-refractivity contribution in [1.82, 2.24) is 4.73 Å². The van der Waals surface area contributed by atoms with Crippen molar-refractivity contribution < 1.29 is 5.21 Å². The minimum Gasteiger partial charge on any atom is -0.429 e. The maximum Gasteiger partial charge on any atom is 0.184 e. The van der Waals surface area contributed by atoms with Gasteiger partial charge in [-0.25, -0.2) is 4.73 Å². The van der Waals surface area contributed by atoms with Crippen LogP contribution in [0.5, 0.6) is 0 Å². The smallest absolute Gasteiger partial charge is 0.184 e. The lowest BCUT2D eigenvalue weighted by molar-refractivity contribution is 0.183. The highest BCUT2D eigenvalue weighted by molar-refractivity contribution is 5.06. The highest BCUT2D eigenvalue weighted by Crippen LogP contribution is 1.84. The molecule has 1 N–H and O–H groups in total. The number of hydrogen-bond acceptors (Lipinski definition) is 2. The molecule has 0 amide bonds. The maximum absolute atomic E-state index is 10.6. The Bertz CT molecular complexity index is 264. The van der Waals surface area contributed by atoms with Gasteiger partial charge in [0.05, 0.1) is 0 Å². The molecule has 0 spiro atoms. The molecule has 0 aliphatic carbocycles.